The fraction of sp³-hybridized carbons (Fsp3) is 0.667. The van der Waals surface area contributed by atoms with E-state index >= 15 is 0 Å². The van der Waals surface area contributed by atoms with Gasteiger partial charge in [-0.25, -0.2) is 0 Å². The number of fused-ring (bicyclic) bond motifs is 2. The molecule has 3 unspecified atom stereocenters. The van der Waals surface area contributed by atoms with Gasteiger partial charge in [0, 0.05) is 0 Å². The first-order valence-corrected chi connectivity index (χ1v) is 4.06. The largest absolute Gasteiger partial charge is 0.362 e. The molecule has 0 aromatic carbocycles. The van der Waals surface area contributed by atoms with Crippen molar-refractivity contribution in [2.75, 3.05) is 0 Å². The van der Waals surface area contributed by atoms with E-state index in [9.17, 15) is 0 Å². The molecule has 0 N–H and O–H groups in total. The zero-order valence-electron chi connectivity index (χ0n) is 6.58. The van der Waals surface area contributed by atoms with Gasteiger partial charge in [0.2, 0.25) is 0 Å². The number of hydrogen-bond donors (Lipinski definition) is 0. The monoisotopic (exact) mass is 149 g/mol. The lowest BCUT2D eigenvalue weighted by atomic mass is 9.86. The Balaban J connectivity index is 2.24. The first-order valence-electron chi connectivity index (χ1n) is 4.06. The smallest absolute Gasteiger partial charge is 0.0928 e. The average Bonchev–Trinajstić information content (AvgIpc) is 2.61. The van der Waals surface area contributed by atoms with Gasteiger partial charge in [0.05, 0.1) is 23.7 Å². The second-order valence-corrected chi connectivity index (χ2v) is 3.30. The van der Waals surface area contributed by atoms with Gasteiger partial charge in [-0.15, -0.1) is 0 Å². The summed E-state index contributed by atoms with van der Waals surface area (Å²) in [4.78, 5) is 0. The van der Waals surface area contributed by atoms with E-state index in [0.29, 0.717) is 0 Å². The lowest BCUT2D eigenvalue weighted by Gasteiger charge is -2.19. The summed E-state index contributed by atoms with van der Waals surface area (Å²) in [5, 5.41) is 8.73. The normalized spacial score (nSPS) is 46.2. The Morgan fingerprint density at radius 3 is 3.09 bits per heavy atom. The zero-order chi connectivity index (χ0) is 7.90. The van der Waals surface area contributed by atoms with Crippen LogP contribution in [0.2, 0.25) is 0 Å². The van der Waals surface area contributed by atoms with Crippen LogP contribution in [0.15, 0.2) is 12.2 Å². The summed E-state index contributed by atoms with van der Waals surface area (Å²) >= 11 is 0. The molecule has 2 heteroatoms. The zero-order valence-corrected chi connectivity index (χ0v) is 6.58. The molecule has 11 heavy (non-hydrogen) atoms. The van der Waals surface area contributed by atoms with Gasteiger partial charge in [-0.05, 0) is 12.8 Å². The van der Waals surface area contributed by atoms with Gasteiger partial charge >= 0.3 is 0 Å². The summed E-state index contributed by atoms with van der Waals surface area (Å²) in [6, 6.07) is 2.28. The van der Waals surface area contributed by atoms with E-state index in [1.807, 2.05) is 6.08 Å². The summed E-state index contributed by atoms with van der Waals surface area (Å²) < 4.78 is 5.68. The third-order valence-corrected chi connectivity index (χ3v) is 2.69. The molecule has 3 atom stereocenters. The van der Waals surface area contributed by atoms with Crippen LogP contribution in [-0.4, -0.2) is 11.7 Å². The highest BCUT2D eigenvalue weighted by molar-refractivity contribution is 5.22. The van der Waals surface area contributed by atoms with Gasteiger partial charge < -0.3 is 4.74 Å². The van der Waals surface area contributed by atoms with E-state index in [2.05, 4.69) is 19.1 Å². The maximum Gasteiger partial charge on any atom is 0.0928 e. The molecule has 0 aliphatic carbocycles. The minimum Gasteiger partial charge on any atom is -0.362 e. The van der Waals surface area contributed by atoms with Crippen LogP contribution in [0.3, 0.4) is 0 Å². The molecule has 58 valence electrons. The third kappa shape index (κ3) is 0.812. The van der Waals surface area contributed by atoms with Crippen molar-refractivity contribution in [3.05, 3.63) is 12.2 Å². The molecule has 0 aromatic heterocycles. The van der Waals surface area contributed by atoms with Gasteiger partial charge in [0.15, 0.2) is 0 Å². The summed E-state index contributed by atoms with van der Waals surface area (Å²) in [6.07, 6.45) is 6.10. The summed E-state index contributed by atoms with van der Waals surface area (Å²) in [6.45, 7) is 2.10. The van der Waals surface area contributed by atoms with Gasteiger partial charge in [-0.1, -0.05) is 19.1 Å². The molecule has 0 spiro atoms. The lowest BCUT2D eigenvalue weighted by molar-refractivity contribution is 0.0276. The van der Waals surface area contributed by atoms with Crippen LogP contribution in [0.1, 0.15) is 19.8 Å². The number of nitriles is 1. The molecule has 1 fully saturated rings. The molecule has 0 aromatic rings. The Bertz CT molecular complexity index is 240. The highest BCUT2D eigenvalue weighted by Gasteiger charge is 2.47. The van der Waals surface area contributed by atoms with Crippen LogP contribution in [0.25, 0.3) is 0 Å². The Morgan fingerprint density at radius 2 is 2.64 bits per heavy atom. The van der Waals surface area contributed by atoms with Crippen LogP contribution in [0.5, 0.6) is 0 Å². The van der Waals surface area contributed by atoms with Gasteiger partial charge in [0.25, 0.3) is 0 Å². The first-order chi connectivity index (χ1) is 5.29. The van der Waals surface area contributed by atoms with E-state index in [4.69, 9.17) is 10.00 Å². The van der Waals surface area contributed by atoms with E-state index in [-0.39, 0.29) is 17.6 Å². The predicted molar refractivity (Wildman–Crippen MR) is 40.8 cm³/mol. The Hall–Kier alpha value is -0.810. The topological polar surface area (TPSA) is 33.0 Å². The Kier molecular flexibility index (Phi) is 1.30. The van der Waals surface area contributed by atoms with E-state index in [0.717, 1.165) is 12.8 Å². The molecular weight excluding hydrogens is 138 g/mol. The maximum atomic E-state index is 8.73. The Labute approximate surface area is 66.5 Å². The van der Waals surface area contributed by atoms with Gasteiger partial charge in [-0.3, -0.25) is 0 Å². The minimum absolute atomic E-state index is 0.0783. The lowest BCUT2D eigenvalue weighted by Crippen LogP contribution is -2.21. The fourth-order valence-corrected chi connectivity index (χ4v) is 1.91. The molecular formula is C9H11NO. The molecule has 2 aliphatic rings. The van der Waals surface area contributed by atoms with Crippen molar-refractivity contribution in [2.45, 2.75) is 31.5 Å². The van der Waals surface area contributed by atoms with Crippen molar-refractivity contribution < 1.29 is 4.74 Å². The van der Waals surface area contributed by atoms with Crippen LogP contribution in [0.4, 0.5) is 0 Å². The van der Waals surface area contributed by atoms with Crippen molar-refractivity contribution in [3.63, 3.8) is 0 Å². The molecule has 0 radical (unpaired) electrons. The second-order valence-electron chi connectivity index (χ2n) is 3.30. The number of ether oxygens (including phenoxy) is 1. The fourth-order valence-electron chi connectivity index (χ4n) is 1.91. The molecule has 2 aliphatic heterocycles. The summed E-state index contributed by atoms with van der Waals surface area (Å²) in [7, 11) is 0. The number of rotatable bonds is 1. The molecule has 0 saturated carbocycles. The van der Waals surface area contributed by atoms with Crippen LogP contribution >= 0.6 is 0 Å². The average molecular weight is 149 g/mol. The third-order valence-electron chi connectivity index (χ3n) is 2.69. The van der Waals surface area contributed by atoms with Crippen molar-refractivity contribution >= 4 is 0 Å². The van der Waals surface area contributed by atoms with Gasteiger partial charge in [0.1, 0.15) is 0 Å². The molecule has 2 heterocycles. The van der Waals surface area contributed by atoms with Crippen molar-refractivity contribution in [1.82, 2.24) is 0 Å². The maximum absolute atomic E-state index is 8.73. The summed E-state index contributed by atoms with van der Waals surface area (Å²) in [5.41, 5.74) is -0.0783. The Morgan fingerprint density at radius 1 is 1.82 bits per heavy atom. The number of hydrogen-bond acceptors (Lipinski definition) is 2. The van der Waals surface area contributed by atoms with E-state index in [1.165, 1.54) is 0 Å². The predicted octanol–water partition coefficient (Wildman–Crippen LogP) is 1.63. The van der Waals surface area contributed by atoms with Crippen molar-refractivity contribution in [2.24, 2.45) is 5.92 Å². The highest BCUT2D eigenvalue weighted by atomic mass is 16.5. The van der Waals surface area contributed by atoms with Crippen molar-refractivity contribution in [3.8, 4) is 6.07 Å². The SMILES string of the molecule is CCC12C=CC(O1)C(C#N)C2. The van der Waals surface area contributed by atoms with E-state index in [1.54, 1.807) is 0 Å². The first kappa shape index (κ1) is 6.87. The van der Waals surface area contributed by atoms with E-state index < -0.39 is 0 Å². The highest BCUT2D eigenvalue weighted by Crippen LogP contribution is 2.43. The standard InChI is InChI=1S/C9H11NO/c1-2-9-4-3-8(11-9)7(5-9)6-10/h3-4,7-8H,2,5H2,1H3. The van der Waals surface area contributed by atoms with Gasteiger partial charge in [-0.2, -0.15) is 5.26 Å². The molecule has 2 nitrogen and oxygen atoms in total. The molecule has 1 saturated heterocycles. The molecule has 0 amide bonds. The minimum atomic E-state index is -0.0783. The molecule has 2 bridgehead atoms. The summed E-state index contributed by atoms with van der Waals surface area (Å²) in [5.74, 6) is 0.0972. The second kappa shape index (κ2) is 2.09. The molecule has 2 rings (SSSR count). The van der Waals surface area contributed by atoms with Crippen LogP contribution in [0, 0.1) is 17.2 Å². The van der Waals surface area contributed by atoms with Crippen LogP contribution < -0.4 is 0 Å². The van der Waals surface area contributed by atoms with Crippen LogP contribution in [-0.2, 0) is 4.74 Å². The number of nitrogens with zero attached hydrogens (tertiary/aromatic N) is 1. The van der Waals surface area contributed by atoms with Crippen molar-refractivity contribution in [1.29, 1.82) is 5.26 Å². The quantitative estimate of drug-likeness (QED) is 0.531.